The van der Waals surface area contributed by atoms with Gasteiger partial charge in [0, 0.05) is 19.0 Å². The summed E-state index contributed by atoms with van der Waals surface area (Å²) in [5, 5.41) is 11.8. The summed E-state index contributed by atoms with van der Waals surface area (Å²) in [5.74, 6) is -1.33. The summed E-state index contributed by atoms with van der Waals surface area (Å²) in [6.45, 7) is 6.07. The van der Waals surface area contributed by atoms with E-state index >= 15 is 0 Å². The minimum Gasteiger partial charge on any atom is -0.481 e. The molecule has 1 aliphatic rings. The lowest BCUT2D eigenvalue weighted by molar-refractivity contribution is -0.141. The minimum absolute atomic E-state index is 0.0702. The van der Waals surface area contributed by atoms with Crippen LogP contribution in [0.25, 0.3) is 11.1 Å². The third-order valence-electron chi connectivity index (χ3n) is 6.57. The first-order valence-corrected chi connectivity index (χ1v) is 11.5. The van der Waals surface area contributed by atoms with E-state index in [0.717, 1.165) is 22.3 Å². The number of hydrogen-bond donors (Lipinski definition) is 2. The van der Waals surface area contributed by atoms with Gasteiger partial charge in [-0.3, -0.25) is 9.59 Å². The maximum absolute atomic E-state index is 13.3. The predicted octanol–water partition coefficient (Wildman–Crippen LogP) is 4.41. The molecule has 0 saturated carbocycles. The lowest BCUT2D eigenvalue weighted by Crippen LogP contribution is -2.59. The topological polar surface area (TPSA) is 95.9 Å². The highest BCUT2D eigenvalue weighted by Crippen LogP contribution is 2.44. The second-order valence-electron chi connectivity index (χ2n) is 8.27. The van der Waals surface area contributed by atoms with Crippen molar-refractivity contribution >= 4 is 18.0 Å². The Kier molecular flexibility index (Phi) is 7.74. The molecule has 7 heteroatoms. The van der Waals surface area contributed by atoms with Crippen LogP contribution in [0.1, 0.15) is 57.1 Å². The van der Waals surface area contributed by atoms with Crippen molar-refractivity contribution in [2.24, 2.45) is 0 Å². The third kappa shape index (κ3) is 5.02. The van der Waals surface area contributed by atoms with Gasteiger partial charge in [-0.15, -0.1) is 0 Å². The molecule has 0 unspecified atom stereocenters. The Labute approximate surface area is 194 Å². The third-order valence-corrected chi connectivity index (χ3v) is 6.57. The Morgan fingerprint density at radius 3 is 2.00 bits per heavy atom. The summed E-state index contributed by atoms with van der Waals surface area (Å²) in [7, 11) is 0. The van der Waals surface area contributed by atoms with Crippen LogP contribution in [0.3, 0.4) is 0 Å². The van der Waals surface area contributed by atoms with Crippen LogP contribution in [0.4, 0.5) is 4.79 Å². The number of likely N-dealkylation sites (N-methyl/N-ethyl adjacent to an activating group) is 1. The number of carbonyl (C=O) groups excluding carboxylic acids is 2. The summed E-state index contributed by atoms with van der Waals surface area (Å²) in [5.41, 5.74) is 3.38. The van der Waals surface area contributed by atoms with Crippen molar-refractivity contribution in [1.29, 1.82) is 0 Å². The Morgan fingerprint density at radius 2 is 1.52 bits per heavy atom. The molecule has 2 amide bonds. The van der Waals surface area contributed by atoms with Crippen LogP contribution in [0, 0.1) is 0 Å². The van der Waals surface area contributed by atoms with Gasteiger partial charge in [-0.05, 0) is 42.0 Å². The summed E-state index contributed by atoms with van der Waals surface area (Å²) >= 11 is 0. The highest BCUT2D eigenvalue weighted by molar-refractivity contribution is 5.90. The van der Waals surface area contributed by atoms with Crippen LogP contribution in [0.15, 0.2) is 48.5 Å². The predicted molar refractivity (Wildman–Crippen MR) is 126 cm³/mol. The molecule has 0 bridgehead atoms. The number of nitrogens with zero attached hydrogens (tertiary/aromatic N) is 1. The first-order chi connectivity index (χ1) is 15.9. The average Bonchev–Trinajstić information content (AvgIpc) is 3.15. The zero-order chi connectivity index (χ0) is 24.0. The summed E-state index contributed by atoms with van der Waals surface area (Å²) in [4.78, 5) is 38.5. The van der Waals surface area contributed by atoms with E-state index in [1.165, 1.54) is 4.90 Å². The highest BCUT2D eigenvalue weighted by atomic mass is 16.5. The molecule has 0 aromatic heterocycles. The molecule has 0 spiro atoms. The number of nitrogens with one attached hydrogen (secondary N) is 1. The van der Waals surface area contributed by atoms with Crippen molar-refractivity contribution in [2.45, 2.75) is 51.5 Å². The summed E-state index contributed by atoms with van der Waals surface area (Å²) in [6, 6.07) is 16.2. The number of amides is 2. The van der Waals surface area contributed by atoms with Crippen molar-refractivity contribution < 1.29 is 24.2 Å². The monoisotopic (exact) mass is 452 g/mol. The Bertz CT molecular complexity index is 970. The van der Waals surface area contributed by atoms with Crippen LogP contribution in [0.5, 0.6) is 0 Å². The van der Waals surface area contributed by atoms with Gasteiger partial charge in [0.15, 0.2) is 0 Å². The Morgan fingerprint density at radius 1 is 0.970 bits per heavy atom. The summed E-state index contributed by atoms with van der Waals surface area (Å²) in [6.07, 6.45) is -0.0524. The number of carbonyl (C=O) groups is 3. The van der Waals surface area contributed by atoms with Gasteiger partial charge in [0.2, 0.25) is 5.91 Å². The van der Waals surface area contributed by atoms with Crippen LogP contribution in [-0.2, 0) is 14.3 Å². The van der Waals surface area contributed by atoms with E-state index in [0.29, 0.717) is 19.4 Å². The Balaban J connectivity index is 1.72. The van der Waals surface area contributed by atoms with Gasteiger partial charge in [-0.2, -0.15) is 0 Å². The molecule has 1 aliphatic carbocycles. The molecule has 0 heterocycles. The first-order valence-electron chi connectivity index (χ1n) is 11.5. The number of carboxylic acids is 1. The average molecular weight is 453 g/mol. The van der Waals surface area contributed by atoms with Crippen molar-refractivity contribution in [1.82, 2.24) is 10.2 Å². The lowest BCUT2D eigenvalue weighted by atomic mass is 9.91. The lowest BCUT2D eigenvalue weighted by Gasteiger charge is -2.36. The summed E-state index contributed by atoms with van der Waals surface area (Å²) < 4.78 is 5.65. The molecule has 33 heavy (non-hydrogen) atoms. The molecule has 3 rings (SSSR count). The number of rotatable bonds is 10. The Hall–Kier alpha value is -3.35. The van der Waals surface area contributed by atoms with Gasteiger partial charge in [-0.25, -0.2) is 4.79 Å². The fourth-order valence-electron chi connectivity index (χ4n) is 4.55. The molecule has 0 atom stereocenters. The van der Waals surface area contributed by atoms with E-state index in [1.54, 1.807) is 6.92 Å². The van der Waals surface area contributed by atoms with Crippen LogP contribution in [0.2, 0.25) is 0 Å². The van der Waals surface area contributed by atoms with E-state index in [1.807, 2.05) is 38.1 Å². The highest BCUT2D eigenvalue weighted by Gasteiger charge is 2.40. The number of ether oxygens (including phenoxy) is 1. The van der Waals surface area contributed by atoms with Crippen molar-refractivity contribution in [3.63, 3.8) is 0 Å². The number of hydrogen-bond acceptors (Lipinski definition) is 4. The standard InChI is InChI=1S/C26H32N2O5/c1-4-26(5-2,24(31)28(6-3)16-15-23(29)30)27-25(32)33-17-22-20-13-9-7-11-18(20)19-12-8-10-14-21(19)22/h7-14,22H,4-6,15-17H2,1-3H3,(H,27,32)(H,29,30). The van der Waals surface area contributed by atoms with E-state index < -0.39 is 17.6 Å². The SMILES string of the molecule is CCN(CCC(=O)O)C(=O)C(CC)(CC)NC(=O)OCC1c2ccccc2-c2ccccc21. The van der Waals surface area contributed by atoms with Gasteiger partial charge < -0.3 is 20.1 Å². The fourth-order valence-corrected chi connectivity index (χ4v) is 4.55. The molecule has 2 N–H and O–H groups in total. The molecule has 0 aliphatic heterocycles. The van der Waals surface area contributed by atoms with Crippen molar-refractivity contribution in [3.8, 4) is 11.1 Å². The second-order valence-corrected chi connectivity index (χ2v) is 8.27. The quantitative estimate of drug-likeness (QED) is 0.557. The number of aliphatic carboxylic acids is 1. The first kappa shape index (κ1) is 24.3. The molecule has 0 radical (unpaired) electrons. The smallest absolute Gasteiger partial charge is 0.408 e. The van der Waals surface area contributed by atoms with Crippen LogP contribution in [-0.4, -0.2) is 53.2 Å². The second kappa shape index (κ2) is 10.5. The van der Waals surface area contributed by atoms with E-state index in [4.69, 9.17) is 9.84 Å². The minimum atomic E-state index is -1.14. The van der Waals surface area contributed by atoms with Gasteiger partial charge in [0.1, 0.15) is 12.1 Å². The van der Waals surface area contributed by atoms with Gasteiger partial charge >= 0.3 is 12.1 Å². The van der Waals surface area contributed by atoms with Crippen molar-refractivity contribution in [3.05, 3.63) is 59.7 Å². The van der Waals surface area contributed by atoms with E-state index in [-0.39, 0.29) is 31.4 Å². The molecule has 2 aromatic rings. The normalized spacial score (nSPS) is 12.6. The number of alkyl carbamates (subject to hydrolysis) is 1. The molecule has 2 aromatic carbocycles. The molecule has 0 fully saturated rings. The number of carboxylic acid groups (broad SMARTS) is 1. The van der Waals surface area contributed by atoms with E-state index in [9.17, 15) is 14.4 Å². The maximum atomic E-state index is 13.3. The number of benzene rings is 2. The van der Waals surface area contributed by atoms with Crippen molar-refractivity contribution in [2.75, 3.05) is 19.7 Å². The molecular formula is C26H32N2O5. The maximum Gasteiger partial charge on any atom is 0.408 e. The van der Waals surface area contributed by atoms with Gasteiger partial charge in [0.05, 0.1) is 6.42 Å². The zero-order valence-corrected chi connectivity index (χ0v) is 19.5. The van der Waals surface area contributed by atoms with Gasteiger partial charge in [0.25, 0.3) is 0 Å². The molecule has 176 valence electrons. The molecule has 0 saturated heterocycles. The van der Waals surface area contributed by atoms with Gasteiger partial charge in [-0.1, -0.05) is 62.4 Å². The largest absolute Gasteiger partial charge is 0.481 e. The molecule has 7 nitrogen and oxygen atoms in total. The van der Waals surface area contributed by atoms with E-state index in [2.05, 4.69) is 29.6 Å². The van der Waals surface area contributed by atoms with Crippen LogP contribution < -0.4 is 5.32 Å². The van der Waals surface area contributed by atoms with Crippen LogP contribution >= 0.6 is 0 Å². The molecular weight excluding hydrogens is 420 g/mol. The number of fused-ring (bicyclic) bond motifs is 3. The zero-order valence-electron chi connectivity index (χ0n) is 19.5. The fraction of sp³-hybridized carbons (Fsp3) is 0.423.